The first-order chi connectivity index (χ1) is 9.58. The standard InChI is InChI=1S/C15H29N3O2/c1-3-18(11-12(2)15(16)17-20)14(19)10-13-8-6-4-5-7-9-13/h12-13,20H,3-11H2,1-2H3,(H2,16,17). The number of nitrogens with zero attached hydrogens (tertiary/aromatic N) is 2. The molecule has 1 amide bonds. The largest absolute Gasteiger partial charge is 0.409 e. The van der Waals surface area contributed by atoms with E-state index in [4.69, 9.17) is 10.9 Å². The van der Waals surface area contributed by atoms with Gasteiger partial charge in [0.1, 0.15) is 5.84 Å². The Morgan fingerprint density at radius 2 is 1.95 bits per heavy atom. The van der Waals surface area contributed by atoms with Gasteiger partial charge in [0.2, 0.25) is 5.91 Å². The second-order valence-electron chi connectivity index (χ2n) is 5.92. The van der Waals surface area contributed by atoms with Crippen LogP contribution in [0.1, 0.15) is 58.8 Å². The summed E-state index contributed by atoms with van der Waals surface area (Å²) in [5.74, 6) is 0.818. The molecule has 1 unspecified atom stereocenters. The lowest BCUT2D eigenvalue weighted by Crippen LogP contribution is -2.39. The molecule has 0 bridgehead atoms. The Bertz CT molecular complexity index is 323. The van der Waals surface area contributed by atoms with Gasteiger partial charge >= 0.3 is 0 Å². The summed E-state index contributed by atoms with van der Waals surface area (Å²) in [6.45, 7) is 5.05. The minimum Gasteiger partial charge on any atom is -0.409 e. The summed E-state index contributed by atoms with van der Waals surface area (Å²) in [6.07, 6.45) is 8.13. The van der Waals surface area contributed by atoms with E-state index in [0.717, 1.165) is 0 Å². The van der Waals surface area contributed by atoms with E-state index in [-0.39, 0.29) is 17.7 Å². The lowest BCUT2D eigenvalue weighted by Gasteiger charge is -2.26. The molecule has 3 N–H and O–H groups in total. The van der Waals surface area contributed by atoms with Gasteiger partial charge in [0.15, 0.2) is 0 Å². The highest BCUT2D eigenvalue weighted by atomic mass is 16.4. The first kappa shape index (κ1) is 16.8. The maximum Gasteiger partial charge on any atom is 0.222 e. The number of hydrogen-bond acceptors (Lipinski definition) is 3. The maximum absolute atomic E-state index is 12.4. The summed E-state index contributed by atoms with van der Waals surface area (Å²) in [5.41, 5.74) is 5.59. The van der Waals surface area contributed by atoms with Crippen LogP contribution in [0.2, 0.25) is 0 Å². The molecule has 20 heavy (non-hydrogen) atoms. The van der Waals surface area contributed by atoms with E-state index in [1.165, 1.54) is 38.5 Å². The summed E-state index contributed by atoms with van der Waals surface area (Å²) in [4.78, 5) is 14.2. The van der Waals surface area contributed by atoms with Crippen molar-refractivity contribution >= 4 is 11.7 Å². The molecule has 0 radical (unpaired) electrons. The molecular weight excluding hydrogens is 254 g/mol. The molecule has 116 valence electrons. The van der Waals surface area contributed by atoms with Crippen molar-refractivity contribution in [2.24, 2.45) is 22.7 Å². The van der Waals surface area contributed by atoms with Crippen molar-refractivity contribution in [2.75, 3.05) is 13.1 Å². The van der Waals surface area contributed by atoms with Gasteiger partial charge in [0.05, 0.1) is 0 Å². The van der Waals surface area contributed by atoms with Gasteiger partial charge in [-0.1, -0.05) is 37.8 Å². The Kier molecular flexibility index (Phi) is 7.41. The molecule has 0 aromatic carbocycles. The number of oxime groups is 1. The molecule has 1 rings (SSSR count). The van der Waals surface area contributed by atoms with Gasteiger partial charge in [-0.2, -0.15) is 0 Å². The third-order valence-corrected chi connectivity index (χ3v) is 4.29. The number of hydrogen-bond donors (Lipinski definition) is 2. The van der Waals surface area contributed by atoms with Crippen molar-refractivity contribution < 1.29 is 10.0 Å². The fourth-order valence-corrected chi connectivity index (χ4v) is 2.87. The van der Waals surface area contributed by atoms with Crippen LogP contribution in [-0.2, 0) is 4.79 Å². The van der Waals surface area contributed by atoms with Gasteiger partial charge in [0, 0.05) is 25.4 Å². The number of nitrogens with two attached hydrogens (primary N) is 1. The molecule has 0 aliphatic heterocycles. The van der Waals surface area contributed by atoms with E-state index >= 15 is 0 Å². The van der Waals surface area contributed by atoms with Crippen molar-refractivity contribution in [1.29, 1.82) is 0 Å². The molecular formula is C15H29N3O2. The van der Waals surface area contributed by atoms with E-state index in [1.807, 2.05) is 18.7 Å². The SMILES string of the molecule is CCN(CC(C)C(N)=NO)C(=O)CC1CCCCCC1. The Morgan fingerprint density at radius 1 is 1.35 bits per heavy atom. The quantitative estimate of drug-likeness (QED) is 0.258. The van der Waals surface area contributed by atoms with Crippen molar-refractivity contribution in [3.63, 3.8) is 0 Å². The van der Waals surface area contributed by atoms with Gasteiger partial charge in [-0.15, -0.1) is 0 Å². The number of carbonyl (C=O) groups excluding carboxylic acids is 1. The Balaban J connectivity index is 2.49. The van der Waals surface area contributed by atoms with Crippen LogP contribution in [0.15, 0.2) is 5.16 Å². The first-order valence-corrected chi connectivity index (χ1v) is 7.83. The number of rotatable bonds is 6. The Labute approximate surface area is 122 Å². The zero-order valence-electron chi connectivity index (χ0n) is 12.8. The predicted molar refractivity (Wildman–Crippen MR) is 80.6 cm³/mol. The molecule has 1 saturated carbocycles. The molecule has 1 fully saturated rings. The van der Waals surface area contributed by atoms with Crippen LogP contribution in [0, 0.1) is 11.8 Å². The van der Waals surface area contributed by atoms with E-state index in [9.17, 15) is 4.79 Å². The van der Waals surface area contributed by atoms with E-state index in [0.29, 0.717) is 25.4 Å². The number of amidine groups is 1. The van der Waals surface area contributed by atoms with Gasteiger partial charge < -0.3 is 15.8 Å². The van der Waals surface area contributed by atoms with Crippen LogP contribution < -0.4 is 5.73 Å². The minimum absolute atomic E-state index is 0.113. The predicted octanol–water partition coefficient (Wildman–Crippen LogP) is 2.58. The van der Waals surface area contributed by atoms with E-state index in [1.54, 1.807) is 0 Å². The highest BCUT2D eigenvalue weighted by molar-refractivity contribution is 5.83. The zero-order valence-corrected chi connectivity index (χ0v) is 12.8. The van der Waals surface area contributed by atoms with Crippen LogP contribution in [0.5, 0.6) is 0 Å². The van der Waals surface area contributed by atoms with Crippen LogP contribution in [-0.4, -0.2) is 34.9 Å². The molecule has 0 aromatic heterocycles. The van der Waals surface area contributed by atoms with Crippen LogP contribution in [0.4, 0.5) is 0 Å². The molecule has 0 spiro atoms. The lowest BCUT2D eigenvalue weighted by atomic mass is 9.95. The fraction of sp³-hybridized carbons (Fsp3) is 0.867. The summed E-state index contributed by atoms with van der Waals surface area (Å²) in [5, 5.41) is 11.7. The summed E-state index contributed by atoms with van der Waals surface area (Å²) in [7, 11) is 0. The molecule has 0 aromatic rings. The number of amides is 1. The summed E-state index contributed by atoms with van der Waals surface area (Å²) in [6, 6.07) is 0. The molecule has 1 aliphatic rings. The van der Waals surface area contributed by atoms with Crippen LogP contribution in [0.25, 0.3) is 0 Å². The van der Waals surface area contributed by atoms with Crippen molar-refractivity contribution in [3.05, 3.63) is 0 Å². The van der Waals surface area contributed by atoms with Crippen molar-refractivity contribution in [2.45, 2.75) is 58.8 Å². The van der Waals surface area contributed by atoms with Crippen LogP contribution in [0.3, 0.4) is 0 Å². The summed E-state index contributed by atoms with van der Waals surface area (Å²) >= 11 is 0. The third-order valence-electron chi connectivity index (χ3n) is 4.29. The molecule has 1 aliphatic carbocycles. The Hall–Kier alpha value is -1.26. The van der Waals surface area contributed by atoms with Gasteiger partial charge in [-0.05, 0) is 25.7 Å². The molecule has 0 saturated heterocycles. The van der Waals surface area contributed by atoms with Gasteiger partial charge in [0.25, 0.3) is 0 Å². The van der Waals surface area contributed by atoms with Crippen molar-refractivity contribution in [3.8, 4) is 0 Å². The molecule has 0 heterocycles. The smallest absolute Gasteiger partial charge is 0.222 e. The second-order valence-corrected chi connectivity index (χ2v) is 5.92. The average Bonchev–Trinajstić information content (AvgIpc) is 2.71. The Morgan fingerprint density at radius 3 is 2.45 bits per heavy atom. The first-order valence-electron chi connectivity index (χ1n) is 7.83. The van der Waals surface area contributed by atoms with E-state index < -0.39 is 0 Å². The minimum atomic E-state index is -0.113. The molecule has 5 nitrogen and oxygen atoms in total. The topological polar surface area (TPSA) is 78.9 Å². The van der Waals surface area contributed by atoms with Crippen molar-refractivity contribution in [1.82, 2.24) is 4.90 Å². The van der Waals surface area contributed by atoms with Gasteiger partial charge in [-0.25, -0.2) is 0 Å². The van der Waals surface area contributed by atoms with Gasteiger partial charge in [-0.3, -0.25) is 4.79 Å². The third kappa shape index (κ3) is 5.39. The average molecular weight is 283 g/mol. The maximum atomic E-state index is 12.4. The second kappa shape index (κ2) is 8.82. The molecule has 5 heteroatoms. The lowest BCUT2D eigenvalue weighted by molar-refractivity contribution is -0.132. The monoisotopic (exact) mass is 283 g/mol. The normalized spacial score (nSPS) is 19.4. The highest BCUT2D eigenvalue weighted by Crippen LogP contribution is 2.26. The fourth-order valence-electron chi connectivity index (χ4n) is 2.87. The summed E-state index contributed by atoms with van der Waals surface area (Å²) < 4.78 is 0. The van der Waals surface area contributed by atoms with E-state index in [2.05, 4.69) is 5.16 Å². The van der Waals surface area contributed by atoms with Crippen LogP contribution >= 0.6 is 0 Å². The molecule has 1 atom stereocenters. The zero-order chi connectivity index (χ0) is 15.0. The number of carbonyl (C=O) groups is 1. The highest BCUT2D eigenvalue weighted by Gasteiger charge is 2.21.